The lowest BCUT2D eigenvalue weighted by Gasteiger charge is -2.11. The van der Waals surface area contributed by atoms with Crippen molar-refractivity contribution < 1.29 is 9.90 Å². The van der Waals surface area contributed by atoms with E-state index in [2.05, 4.69) is 41.5 Å². The highest BCUT2D eigenvalue weighted by Gasteiger charge is 2.11. The summed E-state index contributed by atoms with van der Waals surface area (Å²) in [5.41, 5.74) is 3.45. The van der Waals surface area contributed by atoms with Crippen LogP contribution in [0.3, 0.4) is 0 Å². The Kier molecular flexibility index (Phi) is 5.43. The van der Waals surface area contributed by atoms with Gasteiger partial charge in [-0.25, -0.2) is 0 Å². The minimum Gasteiger partial charge on any atom is -0.549 e. The van der Waals surface area contributed by atoms with Crippen LogP contribution in [0.1, 0.15) is 23.9 Å². The lowest BCUT2D eigenvalue weighted by atomic mass is 10.1. The number of anilines is 1. The number of carboxylic acids is 1. The molecule has 2 aromatic rings. The van der Waals surface area contributed by atoms with Crippen molar-refractivity contribution in [3.8, 4) is 0 Å². The highest BCUT2D eigenvalue weighted by Crippen LogP contribution is 2.19. The molecule has 1 aromatic carbocycles. The molecule has 0 atom stereocenters. The number of carbonyl (C=O) groups excluding carboxylic acids is 1. The fourth-order valence-electron chi connectivity index (χ4n) is 2.18. The van der Waals surface area contributed by atoms with Gasteiger partial charge in [0.15, 0.2) is 11.0 Å². The Morgan fingerprint density at radius 2 is 2.14 bits per heavy atom. The third kappa shape index (κ3) is 4.00. The fraction of sp³-hybridized carbons (Fsp3) is 0.400. The number of aromatic nitrogens is 3. The zero-order chi connectivity index (χ0) is 16.1. The van der Waals surface area contributed by atoms with Crippen LogP contribution in [0.15, 0.2) is 23.4 Å². The molecule has 0 fully saturated rings. The smallest absolute Gasteiger partial charge is 0.191 e. The number of aryl methyl sites for hydroxylation is 2. The summed E-state index contributed by atoms with van der Waals surface area (Å²) in [5, 5.41) is 22.7. The Hall–Kier alpha value is -2.02. The normalized spacial score (nSPS) is 10.7. The van der Waals surface area contributed by atoms with Crippen LogP contribution in [-0.2, 0) is 17.9 Å². The Morgan fingerprint density at radius 1 is 1.36 bits per heavy atom. The van der Waals surface area contributed by atoms with E-state index in [1.165, 1.54) is 11.1 Å². The zero-order valence-electron chi connectivity index (χ0n) is 12.9. The summed E-state index contributed by atoms with van der Waals surface area (Å²) in [6.07, 6.45) is 0. The van der Waals surface area contributed by atoms with Crippen molar-refractivity contribution in [3.63, 3.8) is 0 Å². The van der Waals surface area contributed by atoms with Gasteiger partial charge in [-0.15, -0.1) is 10.2 Å². The monoisotopic (exact) mass is 319 g/mol. The first-order valence-electron chi connectivity index (χ1n) is 7.07. The second kappa shape index (κ2) is 7.31. The molecule has 1 aromatic heterocycles. The standard InChI is InChI=1S/C15H20N4O2S/c1-4-19-13(17-18-15(19)22-9-14(20)21)8-16-12-6-5-10(2)7-11(12)3/h5-7,16H,4,8-9H2,1-3H3,(H,20,21)/p-1. The van der Waals surface area contributed by atoms with E-state index in [-0.39, 0.29) is 5.75 Å². The second-order valence-electron chi connectivity index (χ2n) is 4.98. The van der Waals surface area contributed by atoms with Crippen LogP contribution in [-0.4, -0.2) is 26.5 Å². The van der Waals surface area contributed by atoms with Gasteiger partial charge >= 0.3 is 0 Å². The number of carboxylic acid groups (broad SMARTS) is 1. The lowest BCUT2D eigenvalue weighted by molar-refractivity contribution is -0.301. The quantitative estimate of drug-likeness (QED) is 0.776. The minimum absolute atomic E-state index is 0.122. The van der Waals surface area contributed by atoms with E-state index in [0.717, 1.165) is 23.3 Å². The number of aliphatic carboxylic acids is 1. The molecule has 0 radical (unpaired) electrons. The molecule has 0 amide bonds. The van der Waals surface area contributed by atoms with Crippen molar-refractivity contribution in [2.45, 2.75) is 39.0 Å². The van der Waals surface area contributed by atoms with Crippen molar-refractivity contribution in [1.29, 1.82) is 0 Å². The van der Waals surface area contributed by atoms with Gasteiger partial charge < -0.3 is 19.8 Å². The molecule has 22 heavy (non-hydrogen) atoms. The summed E-state index contributed by atoms with van der Waals surface area (Å²) in [7, 11) is 0. The average Bonchev–Trinajstić information content (AvgIpc) is 2.86. The highest BCUT2D eigenvalue weighted by atomic mass is 32.2. The predicted octanol–water partition coefficient (Wildman–Crippen LogP) is 1.37. The average molecular weight is 319 g/mol. The van der Waals surface area contributed by atoms with E-state index in [0.29, 0.717) is 18.2 Å². The summed E-state index contributed by atoms with van der Waals surface area (Å²) in [4.78, 5) is 10.6. The van der Waals surface area contributed by atoms with Gasteiger partial charge in [-0.1, -0.05) is 29.5 Å². The first kappa shape index (κ1) is 16.4. The van der Waals surface area contributed by atoms with Gasteiger partial charge in [0.1, 0.15) is 0 Å². The number of hydrogen-bond donors (Lipinski definition) is 1. The molecule has 0 aliphatic rings. The molecule has 1 heterocycles. The summed E-state index contributed by atoms with van der Waals surface area (Å²) < 4.78 is 1.91. The first-order valence-corrected chi connectivity index (χ1v) is 8.05. The number of carbonyl (C=O) groups is 1. The van der Waals surface area contributed by atoms with Crippen LogP contribution >= 0.6 is 11.8 Å². The molecule has 0 bridgehead atoms. The molecule has 0 aliphatic heterocycles. The van der Waals surface area contributed by atoms with Gasteiger partial charge in [-0.2, -0.15) is 0 Å². The molecule has 2 rings (SSSR count). The molecular weight excluding hydrogens is 300 g/mol. The van der Waals surface area contributed by atoms with Crippen LogP contribution in [0.2, 0.25) is 0 Å². The zero-order valence-corrected chi connectivity index (χ0v) is 13.7. The van der Waals surface area contributed by atoms with Crippen molar-refractivity contribution >= 4 is 23.4 Å². The number of thioether (sulfide) groups is 1. The van der Waals surface area contributed by atoms with Gasteiger partial charge in [0.25, 0.3) is 0 Å². The molecule has 0 spiro atoms. The summed E-state index contributed by atoms with van der Waals surface area (Å²) in [6.45, 7) is 7.32. The maximum Gasteiger partial charge on any atom is 0.191 e. The summed E-state index contributed by atoms with van der Waals surface area (Å²) in [6, 6.07) is 6.22. The first-order chi connectivity index (χ1) is 10.5. The minimum atomic E-state index is -1.11. The molecule has 0 saturated heterocycles. The predicted molar refractivity (Wildman–Crippen MR) is 84.7 cm³/mol. The fourth-order valence-corrected chi connectivity index (χ4v) is 2.92. The number of nitrogens with one attached hydrogen (secondary N) is 1. The van der Waals surface area contributed by atoms with E-state index in [1.807, 2.05) is 17.6 Å². The van der Waals surface area contributed by atoms with Crippen LogP contribution in [0.5, 0.6) is 0 Å². The van der Waals surface area contributed by atoms with Gasteiger partial charge in [-0.05, 0) is 32.4 Å². The van der Waals surface area contributed by atoms with E-state index in [9.17, 15) is 9.90 Å². The largest absolute Gasteiger partial charge is 0.549 e. The molecule has 1 N–H and O–H groups in total. The number of hydrogen-bond acceptors (Lipinski definition) is 6. The third-order valence-corrected chi connectivity index (χ3v) is 4.19. The topological polar surface area (TPSA) is 82.9 Å². The Labute approximate surface area is 133 Å². The van der Waals surface area contributed by atoms with Gasteiger partial charge in [-0.3, -0.25) is 0 Å². The van der Waals surface area contributed by atoms with E-state index in [1.54, 1.807) is 0 Å². The maximum absolute atomic E-state index is 10.6. The van der Waals surface area contributed by atoms with Crippen LogP contribution < -0.4 is 10.4 Å². The Bertz CT molecular complexity index is 670. The number of rotatable bonds is 7. The summed E-state index contributed by atoms with van der Waals surface area (Å²) in [5.74, 6) is -0.447. The molecule has 0 saturated carbocycles. The molecule has 0 unspecified atom stereocenters. The SMILES string of the molecule is CCn1c(CNc2ccc(C)cc2C)nnc1SCC(=O)[O-]. The Morgan fingerprint density at radius 3 is 2.77 bits per heavy atom. The second-order valence-corrected chi connectivity index (χ2v) is 5.92. The van der Waals surface area contributed by atoms with E-state index >= 15 is 0 Å². The van der Waals surface area contributed by atoms with Crippen LogP contribution in [0.4, 0.5) is 5.69 Å². The maximum atomic E-state index is 10.6. The van der Waals surface area contributed by atoms with Crippen molar-refractivity contribution in [3.05, 3.63) is 35.2 Å². The molecule has 7 heteroatoms. The van der Waals surface area contributed by atoms with Gasteiger partial charge in [0.2, 0.25) is 0 Å². The Balaban J connectivity index is 2.07. The van der Waals surface area contributed by atoms with Gasteiger partial charge in [0, 0.05) is 18.0 Å². The van der Waals surface area contributed by atoms with Crippen LogP contribution in [0.25, 0.3) is 0 Å². The van der Waals surface area contributed by atoms with Gasteiger partial charge in [0.05, 0.1) is 12.5 Å². The van der Waals surface area contributed by atoms with Crippen molar-refractivity contribution in [2.75, 3.05) is 11.1 Å². The number of benzene rings is 1. The van der Waals surface area contributed by atoms with Crippen LogP contribution in [0, 0.1) is 13.8 Å². The molecule has 118 valence electrons. The van der Waals surface area contributed by atoms with E-state index < -0.39 is 5.97 Å². The lowest BCUT2D eigenvalue weighted by Crippen LogP contribution is -2.24. The molecule has 0 aliphatic carbocycles. The summed E-state index contributed by atoms with van der Waals surface area (Å²) >= 11 is 1.13. The van der Waals surface area contributed by atoms with E-state index in [4.69, 9.17) is 0 Å². The highest BCUT2D eigenvalue weighted by molar-refractivity contribution is 7.99. The van der Waals surface area contributed by atoms with Crippen molar-refractivity contribution in [2.24, 2.45) is 0 Å². The third-order valence-electron chi connectivity index (χ3n) is 3.25. The molecule has 6 nitrogen and oxygen atoms in total. The van der Waals surface area contributed by atoms with Crippen molar-refractivity contribution in [1.82, 2.24) is 14.8 Å². The number of nitrogens with zero attached hydrogens (tertiary/aromatic N) is 3. The molecular formula is C15H19N4O2S-.